The Balaban J connectivity index is 1.79. The van der Waals surface area contributed by atoms with E-state index in [1.165, 1.54) is 11.8 Å². The third kappa shape index (κ3) is 3.06. The molecular weight excluding hydrogens is 368 g/mol. The van der Waals surface area contributed by atoms with E-state index in [1.54, 1.807) is 6.08 Å². The maximum absolute atomic E-state index is 12.9. The second kappa shape index (κ2) is 7.05. The molecule has 26 heavy (non-hydrogen) atoms. The Hall–Kier alpha value is -2.44. The summed E-state index contributed by atoms with van der Waals surface area (Å²) < 4.78 is 0. The largest absolute Gasteiger partial charge is 0.360 e. The van der Waals surface area contributed by atoms with Gasteiger partial charge >= 0.3 is 0 Å². The van der Waals surface area contributed by atoms with E-state index in [-0.39, 0.29) is 12.1 Å². The molecule has 2 aliphatic heterocycles. The topological polar surface area (TPSA) is 56.7 Å². The second-order valence-electron chi connectivity index (χ2n) is 5.96. The molecule has 2 atom stereocenters. The maximum Gasteiger partial charge on any atom is 0.255 e. The number of halogens is 1. The van der Waals surface area contributed by atoms with Crippen molar-refractivity contribution >= 4 is 40.1 Å². The second-order valence-corrected chi connectivity index (χ2v) is 7.41. The van der Waals surface area contributed by atoms with Gasteiger partial charge in [0.2, 0.25) is 0 Å². The summed E-state index contributed by atoms with van der Waals surface area (Å²) in [4.78, 5) is 12.9. The fourth-order valence-corrected chi connectivity index (χ4v) is 3.86. The van der Waals surface area contributed by atoms with Gasteiger partial charge < -0.3 is 10.6 Å². The maximum atomic E-state index is 12.9. The summed E-state index contributed by atoms with van der Waals surface area (Å²) in [6, 6.07) is 14.9. The van der Waals surface area contributed by atoms with Crippen molar-refractivity contribution in [1.82, 2.24) is 10.3 Å². The Morgan fingerprint density at radius 2 is 2.00 bits per heavy atom. The highest BCUT2D eigenvalue weighted by molar-refractivity contribution is 8.14. The lowest BCUT2D eigenvalue weighted by molar-refractivity contribution is -0.127. The third-order valence-corrected chi connectivity index (χ3v) is 5.40. The van der Waals surface area contributed by atoms with Crippen LogP contribution in [0.4, 0.5) is 5.69 Å². The van der Waals surface area contributed by atoms with E-state index >= 15 is 0 Å². The van der Waals surface area contributed by atoms with E-state index in [1.807, 2.05) is 53.5 Å². The lowest BCUT2D eigenvalue weighted by Gasteiger charge is -2.43. The molecule has 0 bridgehead atoms. The number of hydrazone groups is 1. The number of hydrogen-bond acceptors (Lipinski definition) is 5. The first-order valence-electron chi connectivity index (χ1n) is 8.20. The summed E-state index contributed by atoms with van der Waals surface area (Å²) in [5.41, 5.74) is 2.83. The smallest absolute Gasteiger partial charge is 0.255 e. The number of carbonyl (C=O) groups excluding carboxylic acids is 1. The van der Waals surface area contributed by atoms with Gasteiger partial charge in [0.25, 0.3) is 5.91 Å². The molecule has 0 aromatic heterocycles. The van der Waals surface area contributed by atoms with Crippen LogP contribution in [0.2, 0.25) is 5.02 Å². The van der Waals surface area contributed by atoms with Gasteiger partial charge in [-0.1, -0.05) is 59.8 Å². The average molecular weight is 385 g/mol. The summed E-state index contributed by atoms with van der Waals surface area (Å²) in [7, 11) is 0. The molecule has 2 aromatic carbocycles. The highest BCUT2D eigenvalue weighted by Crippen LogP contribution is 2.42. The van der Waals surface area contributed by atoms with Gasteiger partial charge in [0.15, 0.2) is 11.2 Å². The predicted molar refractivity (Wildman–Crippen MR) is 107 cm³/mol. The number of para-hydroxylation sites is 1. The van der Waals surface area contributed by atoms with Gasteiger partial charge in [-0.3, -0.25) is 9.80 Å². The van der Waals surface area contributed by atoms with E-state index in [4.69, 9.17) is 16.7 Å². The molecule has 2 N–H and O–H groups in total. The fourth-order valence-electron chi connectivity index (χ4n) is 3.14. The van der Waals surface area contributed by atoms with Gasteiger partial charge in [0, 0.05) is 22.0 Å². The SMILES string of the molecule is C=CCSC1=NN2[C@H](C(=O)N1)c1ccccc1N[C@H]2c1ccc(Cl)cc1. The third-order valence-electron chi connectivity index (χ3n) is 4.29. The Labute approximate surface area is 161 Å². The number of carbonyl (C=O) groups is 1. The van der Waals surface area contributed by atoms with Crippen LogP contribution >= 0.6 is 23.4 Å². The van der Waals surface area contributed by atoms with Crippen molar-refractivity contribution in [3.8, 4) is 0 Å². The number of anilines is 1. The number of rotatable bonds is 3. The molecule has 0 fully saturated rings. The summed E-state index contributed by atoms with van der Waals surface area (Å²) in [6.07, 6.45) is 1.52. The van der Waals surface area contributed by atoms with Gasteiger partial charge in [0.1, 0.15) is 6.17 Å². The summed E-state index contributed by atoms with van der Waals surface area (Å²) >= 11 is 7.48. The summed E-state index contributed by atoms with van der Waals surface area (Å²) in [5.74, 6) is 0.590. The molecule has 4 rings (SSSR count). The summed E-state index contributed by atoms with van der Waals surface area (Å²) in [5, 5.41) is 14.2. The number of amidine groups is 1. The number of nitrogens with one attached hydrogen (secondary N) is 2. The van der Waals surface area contributed by atoms with Crippen molar-refractivity contribution < 1.29 is 4.79 Å². The van der Waals surface area contributed by atoms with Gasteiger partial charge in [-0.05, 0) is 23.8 Å². The van der Waals surface area contributed by atoms with Crippen molar-refractivity contribution in [3.05, 3.63) is 77.3 Å². The average Bonchev–Trinajstić information content (AvgIpc) is 2.66. The zero-order valence-corrected chi connectivity index (χ0v) is 15.4. The minimum atomic E-state index is -0.485. The standard InChI is InChI=1S/C19H17ClN4OS/c1-2-11-26-19-22-18(25)16-14-5-3-4-6-15(14)21-17(24(16)23-19)12-7-9-13(20)10-8-12/h2-10,16-17,21H,1,11H2,(H,22,23,25)/t16-,17+/m0/s1. The van der Waals surface area contributed by atoms with Crippen molar-refractivity contribution in [2.24, 2.45) is 5.10 Å². The Morgan fingerprint density at radius 1 is 1.23 bits per heavy atom. The van der Waals surface area contributed by atoms with Crippen molar-refractivity contribution in [2.45, 2.75) is 12.2 Å². The quantitative estimate of drug-likeness (QED) is 0.781. The van der Waals surface area contributed by atoms with E-state index in [0.717, 1.165) is 16.8 Å². The first kappa shape index (κ1) is 17.0. The minimum absolute atomic E-state index is 0.0838. The highest BCUT2D eigenvalue weighted by Gasteiger charge is 2.41. The van der Waals surface area contributed by atoms with Gasteiger partial charge in [-0.25, -0.2) is 0 Å². The molecule has 2 heterocycles. The Bertz CT molecular complexity index is 883. The lowest BCUT2D eigenvalue weighted by Crippen LogP contribution is -2.50. The molecule has 7 heteroatoms. The molecule has 2 aromatic rings. The van der Waals surface area contributed by atoms with Crippen molar-refractivity contribution in [2.75, 3.05) is 11.1 Å². The first-order valence-corrected chi connectivity index (χ1v) is 9.56. The molecule has 0 saturated heterocycles. The number of amides is 1. The van der Waals surface area contributed by atoms with Crippen LogP contribution < -0.4 is 10.6 Å². The van der Waals surface area contributed by atoms with Crippen LogP contribution in [-0.2, 0) is 4.79 Å². The zero-order chi connectivity index (χ0) is 18.1. The van der Waals surface area contributed by atoms with Crippen LogP contribution in [-0.4, -0.2) is 21.8 Å². The van der Waals surface area contributed by atoms with Crippen LogP contribution in [0, 0.1) is 0 Å². The van der Waals surface area contributed by atoms with Crippen LogP contribution in [0.1, 0.15) is 23.3 Å². The van der Waals surface area contributed by atoms with Crippen molar-refractivity contribution in [3.63, 3.8) is 0 Å². The molecule has 0 radical (unpaired) electrons. The zero-order valence-electron chi connectivity index (χ0n) is 13.9. The highest BCUT2D eigenvalue weighted by atomic mass is 35.5. The molecule has 0 saturated carbocycles. The number of hydrogen-bond donors (Lipinski definition) is 2. The number of nitrogens with zero attached hydrogens (tertiary/aromatic N) is 2. The van der Waals surface area contributed by atoms with Crippen LogP contribution in [0.3, 0.4) is 0 Å². The van der Waals surface area contributed by atoms with E-state index < -0.39 is 6.04 Å². The molecule has 5 nitrogen and oxygen atoms in total. The molecule has 2 aliphatic rings. The molecule has 132 valence electrons. The Kier molecular flexibility index (Phi) is 4.61. The van der Waals surface area contributed by atoms with Crippen molar-refractivity contribution in [1.29, 1.82) is 0 Å². The fraction of sp³-hybridized carbons (Fsp3) is 0.158. The lowest BCUT2D eigenvalue weighted by atomic mass is 9.97. The van der Waals surface area contributed by atoms with E-state index in [0.29, 0.717) is 15.9 Å². The minimum Gasteiger partial charge on any atom is -0.360 e. The van der Waals surface area contributed by atoms with Gasteiger partial charge in [-0.2, -0.15) is 0 Å². The molecular formula is C19H17ClN4OS. The predicted octanol–water partition coefficient (Wildman–Crippen LogP) is 4.13. The molecule has 0 spiro atoms. The Morgan fingerprint density at radius 3 is 2.77 bits per heavy atom. The monoisotopic (exact) mass is 384 g/mol. The number of thioether (sulfide) groups is 1. The molecule has 0 unspecified atom stereocenters. The van der Waals surface area contributed by atoms with Gasteiger partial charge in [0.05, 0.1) is 0 Å². The van der Waals surface area contributed by atoms with E-state index in [9.17, 15) is 4.79 Å². The van der Waals surface area contributed by atoms with Crippen LogP contribution in [0.15, 0.2) is 66.3 Å². The summed E-state index contributed by atoms with van der Waals surface area (Å²) in [6.45, 7) is 3.72. The van der Waals surface area contributed by atoms with Crippen LogP contribution in [0.5, 0.6) is 0 Å². The molecule has 1 amide bonds. The van der Waals surface area contributed by atoms with E-state index in [2.05, 4.69) is 17.2 Å². The number of fused-ring (bicyclic) bond motifs is 3. The normalized spacial score (nSPS) is 21.0. The molecule has 0 aliphatic carbocycles. The number of benzene rings is 2. The first-order chi connectivity index (χ1) is 12.7. The van der Waals surface area contributed by atoms with Gasteiger partial charge in [-0.15, -0.1) is 11.7 Å². The van der Waals surface area contributed by atoms with Crippen LogP contribution in [0.25, 0.3) is 0 Å².